The van der Waals surface area contributed by atoms with Crippen molar-refractivity contribution in [2.45, 2.75) is 55.8 Å². The van der Waals surface area contributed by atoms with Gasteiger partial charge in [-0.1, -0.05) is 87.5 Å². The summed E-state index contributed by atoms with van der Waals surface area (Å²) in [6.07, 6.45) is -0.618. The molecule has 1 amide bonds. The maximum Gasteiger partial charge on any atom is 0.407 e. The molecule has 5 nitrogen and oxygen atoms in total. The fourth-order valence-corrected chi connectivity index (χ4v) is 5.95. The van der Waals surface area contributed by atoms with Crippen molar-refractivity contribution in [3.05, 3.63) is 90.0 Å². The van der Waals surface area contributed by atoms with Gasteiger partial charge >= 0.3 is 6.09 Å². The maximum atomic E-state index is 13.2. The Morgan fingerprint density at radius 1 is 0.892 bits per heavy atom. The van der Waals surface area contributed by atoms with Crippen LogP contribution in [0.1, 0.15) is 37.8 Å². The number of benzene rings is 3. The summed E-state index contributed by atoms with van der Waals surface area (Å²) in [6.45, 7) is 11.0. The van der Waals surface area contributed by atoms with E-state index in [0.717, 1.165) is 27.8 Å². The first-order valence-corrected chi connectivity index (χ1v) is 16.3. The van der Waals surface area contributed by atoms with Crippen molar-refractivity contribution < 1.29 is 18.8 Å². The van der Waals surface area contributed by atoms with Crippen LogP contribution >= 0.6 is 11.8 Å². The van der Waals surface area contributed by atoms with Gasteiger partial charge < -0.3 is 14.5 Å². The Morgan fingerprint density at radius 2 is 1.43 bits per heavy atom. The number of hydrogen-bond acceptors (Lipinski definition) is 5. The molecule has 1 N–H and O–H groups in total. The van der Waals surface area contributed by atoms with E-state index in [1.54, 1.807) is 0 Å². The fraction of sp³-hybridized carbons (Fsp3) is 0.333. The van der Waals surface area contributed by atoms with Gasteiger partial charge in [0.05, 0.1) is 6.61 Å². The molecule has 1 aliphatic rings. The Kier molecular flexibility index (Phi) is 8.26. The summed E-state index contributed by atoms with van der Waals surface area (Å²) in [7, 11) is -2.13. The Bertz CT molecular complexity index is 1210. The molecule has 0 saturated carbocycles. The highest BCUT2D eigenvalue weighted by atomic mass is 32.2. The predicted molar refractivity (Wildman–Crippen MR) is 152 cm³/mol. The number of alkyl carbamates (subject to hydrolysis) is 1. The number of carbonyl (C=O) groups is 2. The second kappa shape index (κ2) is 11.3. The summed E-state index contributed by atoms with van der Waals surface area (Å²) < 4.78 is 12.0. The third-order valence-corrected chi connectivity index (χ3v) is 12.8. The zero-order valence-electron chi connectivity index (χ0n) is 22.1. The lowest BCUT2D eigenvalue weighted by atomic mass is 9.98. The smallest absolute Gasteiger partial charge is 0.407 e. The molecule has 1 atom stereocenters. The van der Waals surface area contributed by atoms with E-state index >= 15 is 0 Å². The highest BCUT2D eigenvalue weighted by molar-refractivity contribution is 8.13. The average molecular weight is 534 g/mol. The monoisotopic (exact) mass is 533 g/mol. The van der Waals surface area contributed by atoms with Crippen molar-refractivity contribution in [3.63, 3.8) is 0 Å². The van der Waals surface area contributed by atoms with Crippen molar-refractivity contribution in [1.29, 1.82) is 0 Å². The van der Waals surface area contributed by atoms with E-state index < -0.39 is 20.5 Å². The Labute approximate surface area is 225 Å². The van der Waals surface area contributed by atoms with Crippen LogP contribution in [0, 0.1) is 0 Å². The zero-order chi connectivity index (χ0) is 26.6. The molecule has 0 radical (unpaired) electrons. The lowest BCUT2D eigenvalue weighted by Crippen LogP contribution is -2.48. The number of nitrogens with one attached hydrogen (secondary N) is 1. The van der Waals surface area contributed by atoms with E-state index in [1.807, 2.05) is 54.6 Å². The van der Waals surface area contributed by atoms with Gasteiger partial charge in [-0.2, -0.15) is 0 Å². The van der Waals surface area contributed by atoms with Crippen LogP contribution in [0.5, 0.6) is 0 Å². The molecule has 194 valence electrons. The standard InChI is InChI=1S/C30H35NO4SSi/c1-30(2,3)37(4,5)35-20-27(28(32)36-21-13-7-6-8-14-21)31-29(33)34-19-26-24-17-11-9-15-22(24)23-16-10-12-18-25(23)26/h6-18,26-27H,19-20H2,1-5H3,(H,31,33)/t27-/m0/s1. The first kappa shape index (κ1) is 27.2. The number of amides is 1. The third-order valence-electron chi connectivity index (χ3n) is 7.30. The van der Waals surface area contributed by atoms with Crippen LogP contribution in [-0.4, -0.2) is 38.8 Å². The second-order valence-electron chi connectivity index (χ2n) is 10.8. The zero-order valence-corrected chi connectivity index (χ0v) is 23.9. The van der Waals surface area contributed by atoms with Gasteiger partial charge in [0.1, 0.15) is 12.6 Å². The molecule has 0 bridgehead atoms. The van der Waals surface area contributed by atoms with Gasteiger partial charge in [0.15, 0.2) is 8.32 Å². The maximum absolute atomic E-state index is 13.2. The molecule has 3 aromatic carbocycles. The number of fused-ring (bicyclic) bond motifs is 3. The molecule has 0 saturated heterocycles. The molecule has 7 heteroatoms. The fourth-order valence-electron chi connectivity index (χ4n) is 4.13. The summed E-state index contributed by atoms with van der Waals surface area (Å²) in [4.78, 5) is 27.0. The van der Waals surface area contributed by atoms with E-state index in [-0.39, 0.29) is 29.3 Å². The molecular formula is C30H35NO4SSi. The number of ether oxygens (including phenoxy) is 1. The SMILES string of the molecule is CC(C)(C)[Si](C)(C)OC[C@H](NC(=O)OCC1c2ccccc2-c2ccccc21)C(=O)Sc1ccccc1. The third kappa shape index (κ3) is 6.34. The Balaban J connectivity index is 1.45. The lowest BCUT2D eigenvalue weighted by molar-refractivity contribution is -0.113. The summed E-state index contributed by atoms with van der Waals surface area (Å²) in [5.41, 5.74) is 4.62. The predicted octanol–water partition coefficient (Wildman–Crippen LogP) is 7.23. The van der Waals surface area contributed by atoms with Gasteiger partial charge in [-0.3, -0.25) is 4.79 Å². The largest absolute Gasteiger partial charge is 0.449 e. The van der Waals surface area contributed by atoms with Crippen LogP contribution in [0.15, 0.2) is 83.8 Å². The average Bonchev–Trinajstić information content (AvgIpc) is 3.19. The molecule has 4 rings (SSSR count). The van der Waals surface area contributed by atoms with E-state index in [0.29, 0.717) is 0 Å². The molecule has 37 heavy (non-hydrogen) atoms. The van der Waals surface area contributed by atoms with Gasteiger partial charge in [-0.15, -0.1) is 0 Å². The molecule has 0 fully saturated rings. The summed E-state index contributed by atoms with van der Waals surface area (Å²) in [5, 5.41) is 2.60. The first-order valence-electron chi connectivity index (χ1n) is 12.6. The van der Waals surface area contributed by atoms with E-state index in [4.69, 9.17) is 9.16 Å². The van der Waals surface area contributed by atoms with Crippen LogP contribution in [-0.2, 0) is 14.0 Å². The van der Waals surface area contributed by atoms with Gasteiger partial charge in [0, 0.05) is 10.8 Å². The Morgan fingerprint density at radius 3 is 2.00 bits per heavy atom. The highest BCUT2D eigenvalue weighted by Crippen LogP contribution is 2.44. The van der Waals surface area contributed by atoms with Crippen LogP contribution in [0.3, 0.4) is 0 Å². The first-order chi connectivity index (χ1) is 17.6. The Hall–Kier alpha value is -2.87. The number of thioether (sulfide) groups is 1. The molecule has 0 aromatic heterocycles. The van der Waals surface area contributed by atoms with Gasteiger partial charge in [0.25, 0.3) is 0 Å². The van der Waals surface area contributed by atoms with Crippen molar-refractivity contribution in [3.8, 4) is 11.1 Å². The normalized spacial score (nSPS) is 14.0. The van der Waals surface area contributed by atoms with Crippen molar-refractivity contribution in [1.82, 2.24) is 5.32 Å². The molecular weight excluding hydrogens is 498 g/mol. The van der Waals surface area contributed by atoms with Crippen molar-refractivity contribution in [2.75, 3.05) is 13.2 Å². The highest BCUT2D eigenvalue weighted by Gasteiger charge is 2.38. The van der Waals surface area contributed by atoms with Gasteiger partial charge in [0.2, 0.25) is 5.12 Å². The number of rotatable bonds is 8. The molecule has 0 aliphatic heterocycles. The minimum absolute atomic E-state index is 0.0169. The van der Waals surface area contributed by atoms with Crippen molar-refractivity contribution >= 4 is 31.3 Å². The van der Waals surface area contributed by atoms with Gasteiger partial charge in [-0.25, -0.2) is 4.79 Å². The van der Waals surface area contributed by atoms with Crippen LogP contribution < -0.4 is 5.32 Å². The number of carbonyl (C=O) groups excluding carboxylic acids is 2. The summed E-state index contributed by atoms with van der Waals surface area (Å²) in [5.74, 6) is -0.0468. The molecule has 0 heterocycles. The number of hydrogen-bond donors (Lipinski definition) is 1. The van der Waals surface area contributed by atoms with Crippen LogP contribution in [0.25, 0.3) is 11.1 Å². The van der Waals surface area contributed by atoms with Crippen molar-refractivity contribution in [2.24, 2.45) is 0 Å². The van der Waals surface area contributed by atoms with E-state index in [2.05, 4.69) is 63.4 Å². The molecule has 3 aromatic rings. The van der Waals surface area contributed by atoms with E-state index in [1.165, 1.54) is 11.1 Å². The second-order valence-corrected chi connectivity index (χ2v) is 16.7. The minimum atomic E-state index is -2.13. The summed E-state index contributed by atoms with van der Waals surface area (Å²) >= 11 is 1.10. The van der Waals surface area contributed by atoms with E-state index in [9.17, 15) is 9.59 Å². The lowest BCUT2D eigenvalue weighted by Gasteiger charge is -2.37. The minimum Gasteiger partial charge on any atom is -0.449 e. The quantitative estimate of drug-likeness (QED) is 0.244. The van der Waals surface area contributed by atoms with Gasteiger partial charge in [-0.05, 0) is 64.3 Å². The van der Waals surface area contributed by atoms with Crippen LogP contribution in [0.4, 0.5) is 4.79 Å². The topological polar surface area (TPSA) is 64.6 Å². The molecule has 1 aliphatic carbocycles. The molecule has 0 spiro atoms. The summed E-state index contributed by atoms with van der Waals surface area (Å²) in [6, 6.07) is 25.0. The van der Waals surface area contributed by atoms with Crippen LogP contribution in [0.2, 0.25) is 18.1 Å². The molecule has 0 unspecified atom stereocenters.